The van der Waals surface area contributed by atoms with E-state index in [1.807, 2.05) is 43.0 Å². The quantitative estimate of drug-likeness (QED) is 0.108. The average molecular weight is 661 g/mol. The fourth-order valence-corrected chi connectivity index (χ4v) is 6.30. The molecule has 0 bridgehead atoms. The molecule has 0 amide bonds. The summed E-state index contributed by atoms with van der Waals surface area (Å²) in [6.45, 7) is 10.3. The number of imidazole rings is 1. The third kappa shape index (κ3) is 6.90. The van der Waals surface area contributed by atoms with Crippen molar-refractivity contribution >= 4 is 31.1 Å². The van der Waals surface area contributed by atoms with Crippen LogP contribution in [-0.2, 0) is 22.4 Å². The highest BCUT2D eigenvalue weighted by atomic mass is 28.3. The van der Waals surface area contributed by atoms with Crippen molar-refractivity contribution in [2.24, 2.45) is 0 Å². The normalized spacial score (nSPS) is 19.3. The van der Waals surface area contributed by atoms with Crippen molar-refractivity contribution in [3.8, 4) is 11.3 Å². The van der Waals surface area contributed by atoms with Gasteiger partial charge in [0.2, 0.25) is 11.9 Å². The number of benzene rings is 1. The van der Waals surface area contributed by atoms with E-state index in [0.717, 1.165) is 36.6 Å². The van der Waals surface area contributed by atoms with Gasteiger partial charge in [-0.15, -0.1) is 0 Å². The third-order valence-electron chi connectivity index (χ3n) is 8.19. The molecule has 0 spiro atoms. The first-order chi connectivity index (χ1) is 21.7. The van der Waals surface area contributed by atoms with Crippen LogP contribution in [0.25, 0.3) is 22.4 Å². The van der Waals surface area contributed by atoms with E-state index in [0.29, 0.717) is 49.3 Å². The summed E-state index contributed by atoms with van der Waals surface area (Å²) < 4.78 is 72.0. The van der Waals surface area contributed by atoms with E-state index >= 15 is 4.39 Å². The monoisotopic (exact) mass is 660 g/mol. The Morgan fingerprint density at radius 3 is 2.50 bits per heavy atom. The molecule has 1 aromatic carbocycles. The minimum atomic E-state index is -4.69. The molecule has 3 aromatic heterocycles. The van der Waals surface area contributed by atoms with Crippen LogP contribution in [0, 0.1) is 5.82 Å². The molecule has 0 unspecified atom stereocenters. The summed E-state index contributed by atoms with van der Waals surface area (Å²) in [5, 5.41) is 4.52. The number of alkyl halides is 3. The molecular weight excluding hydrogens is 620 g/mol. The maximum atomic E-state index is 15.5. The van der Waals surface area contributed by atoms with Crippen molar-refractivity contribution in [2.45, 2.75) is 76.6 Å². The van der Waals surface area contributed by atoms with Crippen molar-refractivity contribution < 1.29 is 27.0 Å². The average Bonchev–Trinajstić information content (AvgIpc) is 3.57. The van der Waals surface area contributed by atoms with E-state index in [2.05, 4.69) is 24.7 Å². The summed E-state index contributed by atoms with van der Waals surface area (Å²) in [7, 11) is 2.29. The standard InChI is InChI=1S/C31H40F4N8O2Si/c1-19-15-41(17-25(45-19)20-14-36-43(16-20)22-8-9-22)29-37-26(23-10-7-21(13-24(23)32)31(33,34)35)27-28(39-29)42(30(38-27)40(2)3)18-44-11-12-46(4,5)6/h7,10,13-14,16,19,22,25H,8-9,11-12,15,17-18H2,1-6H3/t19-,25-/m1/s1. The van der Waals surface area contributed by atoms with Crippen LogP contribution >= 0.6 is 0 Å². The first-order valence-corrected chi connectivity index (χ1v) is 19.2. The Hall–Kier alpha value is -3.56. The van der Waals surface area contributed by atoms with Gasteiger partial charge in [0, 0.05) is 52.6 Å². The summed E-state index contributed by atoms with van der Waals surface area (Å²) in [6, 6.07) is 3.86. The highest BCUT2D eigenvalue weighted by molar-refractivity contribution is 6.76. The molecule has 2 fully saturated rings. The lowest BCUT2D eigenvalue weighted by Gasteiger charge is -2.36. The molecule has 248 valence electrons. The summed E-state index contributed by atoms with van der Waals surface area (Å²) in [6.07, 6.45) is 0.859. The molecule has 1 aliphatic carbocycles. The number of nitrogens with zero attached hydrogens (tertiary/aromatic N) is 8. The Balaban J connectivity index is 1.44. The second kappa shape index (κ2) is 12.2. The van der Waals surface area contributed by atoms with Crippen molar-refractivity contribution in [3.05, 3.63) is 47.5 Å². The first kappa shape index (κ1) is 32.4. The molecule has 1 saturated carbocycles. The molecular formula is C31H40F4N8O2Si. The molecule has 2 aliphatic rings. The van der Waals surface area contributed by atoms with E-state index in [4.69, 9.17) is 24.4 Å². The molecule has 15 heteroatoms. The maximum Gasteiger partial charge on any atom is 0.416 e. The van der Waals surface area contributed by atoms with Crippen LogP contribution in [0.2, 0.25) is 25.7 Å². The molecule has 4 aromatic rings. The van der Waals surface area contributed by atoms with Gasteiger partial charge in [-0.1, -0.05) is 19.6 Å². The number of hydrogen-bond donors (Lipinski definition) is 0. The Morgan fingerprint density at radius 2 is 1.85 bits per heavy atom. The Labute approximate surface area is 266 Å². The van der Waals surface area contributed by atoms with Gasteiger partial charge in [0.25, 0.3) is 0 Å². The molecule has 46 heavy (non-hydrogen) atoms. The molecule has 10 nitrogen and oxygen atoms in total. The second-order valence-electron chi connectivity index (χ2n) is 13.6. The number of hydrogen-bond acceptors (Lipinski definition) is 8. The molecule has 1 saturated heterocycles. The van der Waals surface area contributed by atoms with Crippen molar-refractivity contribution in [2.75, 3.05) is 43.6 Å². The van der Waals surface area contributed by atoms with Crippen LogP contribution in [0.5, 0.6) is 0 Å². The number of aromatic nitrogens is 6. The van der Waals surface area contributed by atoms with Crippen LogP contribution in [-0.4, -0.2) is 77.3 Å². The second-order valence-corrected chi connectivity index (χ2v) is 19.3. The largest absolute Gasteiger partial charge is 0.416 e. The van der Waals surface area contributed by atoms with Gasteiger partial charge in [-0.3, -0.25) is 9.25 Å². The molecule has 2 atom stereocenters. The summed E-state index contributed by atoms with van der Waals surface area (Å²) in [4.78, 5) is 18.3. The van der Waals surface area contributed by atoms with E-state index in [1.165, 1.54) is 0 Å². The van der Waals surface area contributed by atoms with E-state index < -0.39 is 25.6 Å². The smallest absolute Gasteiger partial charge is 0.367 e. The van der Waals surface area contributed by atoms with Crippen LogP contribution in [0.4, 0.5) is 29.5 Å². The van der Waals surface area contributed by atoms with Crippen LogP contribution in [0.3, 0.4) is 0 Å². The Bertz CT molecular complexity index is 1710. The number of ether oxygens (including phenoxy) is 2. The van der Waals surface area contributed by atoms with Gasteiger partial charge in [-0.2, -0.15) is 23.3 Å². The van der Waals surface area contributed by atoms with Gasteiger partial charge in [-0.05, 0) is 44.0 Å². The lowest BCUT2D eigenvalue weighted by atomic mass is 10.1. The zero-order chi connectivity index (χ0) is 33.0. The highest BCUT2D eigenvalue weighted by Gasteiger charge is 2.34. The third-order valence-corrected chi connectivity index (χ3v) is 9.89. The fourth-order valence-electron chi connectivity index (χ4n) is 5.54. The highest BCUT2D eigenvalue weighted by Crippen LogP contribution is 2.38. The minimum Gasteiger partial charge on any atom is -0.367 e. The van der Waals surface area contributed by atoms with Crippen molar-refractivity contribution in [3.63, 3.8) is 0 Å². The number of rotatable bonds is 10. The number of fused-ring (bicyclic) bond motifs is 1. The van der Waals surface area contributed by atoms with E-state index in [-0.39, 0.29) is 35.7 Å². The van der Waals surface area contributed by atoms with E-state index in [9.17, 15) is 13.2 Å². The Morgan fingerprint density at radius 1 is 1.09 bits per heavy atom. The Kier molecular flexibility index (Phi) is 8.61. The molecule has 0 N–H and O–H groups in total. The van der Waals surface area contributed by atoms with Crippen LogP contribution < -0.4 is 9.80 Å². The van der Waals surface area contributed by atoms with Gasteiger partial charge in [0.1, 0.15) is 29.9 Å². The number of morpholine rings is 1. The SMILES string of the molecule is C[C@@H]1CN(c2nc(-c3ccc(C(F)(F)F)cc3F)c3nc(N(C)C)n(COCC[Si](C)(C)C)c3n2)C[C@H](c2cnn(C3CC3)c2)O1. The van der Waals surface area contributed by atoms with Gasteiger partial charge in [0.15, 0.2) is 5.65 Å². The lowest BCUT2D eigenvalue weighted by Crippen LogP contribution is -2.43. The number of anilines is 2. The summed E-state index contributed by atoms with van der Waals surface area (Å²) >= 11 is 0. The summed E-state index contributed by atoms with van der Waals surface area (Å²) in [5.41, 5.74) is 0.532. The molecule has 6 rings (SSSR count). The van der Waals surface area contributed by atoms with Gasteiger partial charge >= 0.3 is 6.18 Å². The predicted molar refractivity (Wildman–Crippen MR) is 170 cm³/mol. The molecule has 4 heterocycles. The lowest BCUT2D eigenvalue weighted by molar-refractivity contribution is -0.137. The molecule has 0 radical (unpaired) electrons. The maximum absolute atomic E-state index is 15.5. The van der Waals surface area contributed by atoms with Gasteiger partial charge in [0.05, 0.1) is 30.5 Å². The van der Waals surface area contributed by atoms with Crippen LogP contribution in [0.1, 0.15) is 43.0 Å². The van der Waals surface area contributed by atoms with Crippen molar-refractivity contribution in [1.29, 1.82) is 0 Å². The molecule has 1 aliphatic heterocycles. The van der Waals surface area contributed by atoms with E-state index in [1.54, 1.807) is 9.47 Å². The number of halogens is 4. The van der Waals surface area contributed by atoms with Gasteiger partial charge < -0.3 is 19.3 Å². The van der Waals surface area contributed by atoms with Crippen LogP contribution in [0.15, 0.2) is 30.6 Å². The zero-order valence-corrected chi connectivity index (χ0v) is 28.0. The predicted octanol–water partition coefficient (Wildman–Crippen LogP) is 6.53. The summed E-state index contributed by atoms with van der Waals surface area (Å²) in [5.74, 6) is -0.248. The first-order valence-electron chi connectivity index (χ1n) is 15.5. The fraction of sp³-hybridized carbons (Fsp3) is 0.548. The zero-order valence-electron chi connectivity index (χ0n) is 27.0. The van der Waals surface area contributed by atoms with Crippen molar-refractivity contribution in [1.82, 2.24) is 29.3 Å². The topological polar surface area (TPSA) is 86.4 Å². The van der Waals surface area contributed by atoms with Gasteiger partial charge in [-0.25, -0.2) is 14.4 Å². The minimum absolute atomic E-state index is 0.0974.